The zero-order valence-electron chi connectivity index (χ0n) is 11.2. The lowest BCUT2D eigenvalue weighted by molar-refractivity contribution is -0.123. The van der Waals surface area contributed by atoms with Crippen molar-refractivity contribution in [2.75, 3.05) is 6.26 Å². The van der Waals surface area contributed by atoms with Gasteiger partial charge >= 0.3 is 0 Å². The maximum atomic E-state index is 12.1. The number of hydrogen-bond acceptors (Lipinski definition) is 3. The van der Waals surface area contributed by atoms with Crippen LogP contribution in [0.3, 0.4) is 0 Å². The quantitative estimate of drug-likeness (QED) is 0.638. The molecule has 1 amide bonds. The summed E-state index contributed by atoms with van der Waals surface area (Å²) in [6.45, 7) is 2.86. The van der Waals surface area contributed by atoms with Crippen molar-refractivity contribution in [2.24, 2.45) is 0 Å². The minimum atomic E-state index is -3.43. The molecule has 2 unspecified atom stereocenters. The van der Waals surface area contributed by atoms with Gasteiger partial charge in [-0.1, -0.05) is 19.3 Å². The van der Waals surface area contributed by atoms with Gasteiger partial charge in [0.2, 0.25) is 5.91 Å². The second-order valence-corrected chi connectivity index (χ2v) is 8.64. The third-order valence-corrected chi connectivity index (χ3v) is 6.28. The second-order valence-electron chi connectivity index (χ2n) is 5.52. The molecule has 106 valence electrons. The Labute approximate surface area is 114 Å². The first-order valence-corrected chi connectivity index (χ1v) is 8.63. The molecule has 1 rings (SSSR count). The number of sulfone groups is 1. The van der Waals surface area contributed by atoms with Crippen LogP contribution in [0, 0.1) is 0 Å². The van der Waals surface area contributed by atoms with Crippen LogP contribution in [0.1, 0.15) is 46.0 Å². The summed E-state index contributed by atoms with van der Waals surface area (Å²) < 4.78 is 21.8. The summed E-state index contributed by atoms with van der Waals surface area (Å²) in [7, 11) is -3.43. The highest BCUT2D eigenvalue weighted by atomic mass is 35.5. The lowest BCUT2D eigenvalue weighted by Crippen LogP contribution is -2.52. The third kappa shape index (κ3) is 3.60. The zero-order valence-corrected chi connectivity index (χ0v) is 12.8. The first-order valence-electron chi connectivity index (χ1n) is 6.31. The molecule has 0 heterocycles. The van der Waals surface area contributed by atoms with Crippen molar-refractivity contribution >= 4 is 27.3 Å². The van der Waals surface area contributed by atoms with Gasteiger partial charge in [0, 0.05) is 12.3 Å². The fourth-order valence-corrected chi connectivity index (χ4v) is 2.67. The van der Waals surface area contributed by atoms with Crippen LogP contribution in [-0.4, -0.2) is 36.7 Å². The van der Waals surface area contributed by atoms with Crippen LogP contribution in [0.4, 0.5) is 0 Å². The molecule has 0 bridgehead atoms. The highest BCUT2D eigenvalue weighted by molar-refractivity contribution is 7.92. The fraction of sp³-hybridized carbons (Fsp3) is 0.917. The Bertz CT molecular complexity index is 406. The van der Waals surface area contributed by atoms with E-state index in [1.165, 1.54) is 13.8 Å². The molecule has 1 N–H and O–H groups in total. The second kappa shape index (κ2) is 5.78. The van der Waals surface area contributed by atoms with Crippen LogP contribution in [0.25, 0.3) is 0 Å². The van der Waals surface area contributed by atoms with Gasteiger partial charge in [-0.3, -0.25) is 4.79 Å². The van der Waals surface area contributed by atoms with E-state index in [-0.39, 0.29) is 11.4 Å². The minimum absolute atomic E-state index is 0.105. The summed E-state index contributed by atoms with van der Waals surface area (Å²) in [5.41, 5.74) is 0. The smallest absolute Gasteiger partial charge is 0.241 e. The number of carbonyl (C=O) groups excluding carboxylic acids is 1. The Balaban J connectivity index is 2.75. The van der Waals surface area contributed by atoms with E-state index in [1.54, 1.807) is 0 Å². The topological polar surface area (TPSA) is 63.2 Å². The molecule has 0 aromatic rings. The maximum absolute atomic E-state index is 12.1. The van der Waals surface area contributed by atoms with Crippen molar-refractivity contribution < 1.29 is 13.2 Å². The number of alkyl halides is 1. The van der Waals surface area contributed by atoms with E-state index < -0.39 is 20.5 Å². The maximum Gasteiger partial charge on any atom is 0.241 e. The molecule has 6 heteroatoms. The monoisotopic (exact) mass is 295 g/mol. The zero-order chi connectivity index (χ0) is 14.0. The van der Waals surface area contributed by atoms with E-state index in [1.807, 2.05) is 0 Å². The number of amides is 1. The van der Waals surface area contributed by atoms with Gasteiger partial charge in [-0.15, -0.1) is 11.6 Å². The van der Waals surface area contributed by atoms with Gasteiger partial charge in [-0.25, -0.2) is 8.42 Å². The van der Waals surface area contributed by atoms with Gasteiger partial charge in [0.15, 0.2) is 9.84 Å². The fourth-order valence-electron chi connectivity index (χ4n) is 1.94. The van der Waals surface area contributed by atoms with Crippen molar-refractivity contribution in [3.05, 3.63) is 0 Å². The Morgan fingerprint density at radius 2 is 1.78 bits per heavy atom. The molecule has 18 heavy (non-hydrogen) atoms. The summed E-state index contributed by atoms with van der Waals surface area (Å²) in [6, 6.07) is -0.123. The average Bonchev–Trinajstić information content (AvgIpc) is 2.42. The van der Waals surface area contributed by atoms with Crippen LogP contribution in [-0.2, 0) is 14.6 Å². The number of halogens is 1. The van der Waals surface area contributed by atoms with Gasteiger partial charge in [0.1, 0.15) is 4.75 Å². The molecule has 4 nitrogen and oxygen atoms in total. The molecule has 0 saturated heterocycles. The average molecular weight is 296 g/mol. The minimum Gasteiger partial charge on any atom is -0.351 e. The van der Waals surface area contributed by atoms with E-state index in [9.17, 15) is 13.2 Å². The van der Waals surface area contributed by atoms with E-state index in [4.69, 9.17) is 11.6 Å². The highest BCUT2D eigenvalue weighted by Crippen LogP contribution is 2.24. The summed E-state index contributed by atoms with van der Waals surface area (Å²) in [6.07, 6.45) is 5.97. The SMILES string of the molecule is CC(C)(C(=O)NC1CCCCCC1Cl)S(C)(=O)=O. The largest absolute Gasteiger partial charge is 0.351 e. The molecule has 0 spiro atoms. The first-order chi connectivity index (χ1) is 8.16. The van der Waals surface area contributed by atoms with Gasteiger partial charge in [0.25, 0.3) is 0 Å². The number of nitrogens with one attached hydrogen (secondary N) is 1. The van der Waals surface area contributed by atoms with Gasteiger partial charge in [0.05, 0.1) is 5.38 Å². The standard InChI is InChI=1S/C12H22ClNO3S/c1-12(2,18(3,16)17)11(15)14-10-8-6-4-5-7-9(10)13/h9-10H,4-8H2,1-3H3,(H,14,15). The molecule has 1 aliphatic rings. The molecule has 1 fully saturated rings. The molecule has 0 radical (unpaired) electrons. The van der Waals surface area contributed by atoms with Gasteiger partial charge in [-0.2, -0.15) is 0 Å². The lowest BCUT2D eigenvalue weighted by atomic mass is 10.1. The summed E-state index contributed by atoms with van der Waals surface area (Å²) in [5, 5.41) is 2.70. The van der Waals surface area contributed by atoms with Crippen molar-refractivity contribution in [1.29, 1.82) is 0 Å². The van der Waals surface area contributed by atoms with Crippen LogP contribution in [0.2, 0.25) is 0 Å². The predicted octanol–water partition coefficient (Wildman–Crippen LogP) is 1.87. The van der Waals surface area contributed by atoms with E-state index in [2.05, 4.69) is 5.32 Å². The molecular formula is C12H22ClNO3S. The number of hydrogen-bond donors (Lipinski definition) is 1. The summed E-state index contributed by atoms with van der Waals surface area (Å²) in [5.74, 6) is -0.456. The Kier molecular flexibility index (Phi) is 5.06. The molecule has 1 aliphatic carbocycles. The summed E-state index contributed by atoms with van der Waals surface area (Å²) in [4.78, 5) is 12.1. The van der Waals surface area contributed by atoms with Crippen LogP contribution >= 0.6 is 11.6 Å². The van der Waals surface area contributed by atoms with E-state index in [0.717, 1.165) is 38.4 Å². The van der Waals surface area contributed by atoms with Gasteiger partial charge < -0.3 is 5.32 Å². The first kappa shape index (κ1) is 15.8. The van der Waals surface area contributed by atoms with Crippen LogP contribution in [0.5, 0.6) is 0 Å². The van der Waals surface area contributed by atoms with Crippen LogP contribution < -0.4 is 5.32 Å². The predicted molar refractivity (Wildman–Crippen MR) is 73.6 cm³/mol. The van der Waals surface area contributed by atoms with E-state index >= 15 is 0 Å². The number of carbonyl (C=O) groups is 1. The molecule has 0 aliphatic heterocycles. The van der Waals surface area contributed by atoms with Crippen molar-refractivity contribution in [1.82, 2.24) is 5.32 Å². The molecule has 1 saturated carbocycles. The Hall–Kier alpha value is -0.290. The number of rotatable bonds is 3. The lowest BCUT2D eigenvalue weighted by Gasteiger charge is -2.27. The molecule has 0 aromatic carbocycles. The molecular weight excluding hydrogens is 274 g/mol. The normalized spacial score (nSPS) is 26.4. The third-order valence-electron chi connectivity index (χ3n) is 3.72. The van der Waals surface area contributed by atoms with Gasteiger partial charge in [-0.05, 0) is 26.7 Å². The van der Waals surface area contributed by atoms with Crippen molar-refractivity contribution in [2.45, 2.75) is 62.1 Å². The highest BCUT2D eigenvalue weighted by Gasteiger charge is 2.40. The van der Waals surface area contributed by atoms with Crippen LogP contribution in [0.15, 0.2) is 0 Å². The summed E-state index contributed by atoms with van der Waals surface area (Å²) >= 11 is 6.23. The van der Waals surface area contributed by atoms with E-state index in [0.29, 0.717) is 0 Å². The Morgan fingerprint density at radius 1 is 1.22 bits per heavy atom. The molecule has 0 aromatic heterocycles. The van der Waals surface area contributed by atoms with Crippen molar-refractivity contribution in [3.63, 3.8) is 0 Å². The Morgan fingerprint density at radius 3 is 2.33 bits per heavy atom. The van der Waals surface area contributed by atoms with Crippen molar-refractivity contribution in [3.8, 4) is 0 Å². The molecule has 2 atom stereocenters.